The fraction of sp³-hybridized carbons (Fsp3) is 0.102. The molecule has 51 heavy (non-hydrogen) atoms. The second-order valence-electron chi connectivity index (χ2n) is 14.2. The molecule has 3 aliphatic rings. The molecule has 1 N–H and O–H groups in total. The van der Waals surface area contributed by atoms with Gasteiger partial charge in [0.15, 0.2) is 0 Å². The zero-order chi connectivity index (χ0) is 33.7. The zero-order valence-electron chi connectivity index (χ0n) is 28.4. The summed E-state index contributed by atoms with van der Waals surface area (Å²) in [5.74, 6) is 0.0927. The molecule has 0 saturated carbocycles. The topological polar surface area (TPSA) is 15.0 Å². The molecule has 3 aliphatic heterocycles. The van der Waals surface area contributed by atoms with E-state index < -0.39 is 0 Å². The summed E-state index contributed by atoms with van der Waals surface area (Å²) in [5, 5.41) is 9.13. The predicted molar refractivity (Wildman–Crippen MR) is 214 cm³/mol. The third kappa shape index (κ3) is 5.68. The monoisotopic (exact) mass is 654 g/mol. The molecule has 7 aromatic carbocycles. The fourth-order valence-corrected chi connectivity index (χ4v) is 8.11. The first-order chi connectivity index (χ1) is 25.2. The molecule has 244 valence electrons. The lowest BCUT2D eigenvalue weighted by Gasteiger charge is -2.20. The molecule has 0 radical (unpaired) electrons. The summed E-state index contributed by atoms with van der Waals surface area (Å²) in [6.07, 6.45) is 9.60. The first-order valence-electron chi connectivity index (χ1n) is 18.1. The van der Waals surface area contributed by atoms with Gasteiger partial charge in [-0.25, -0.2) is 0 Å². The van der Waals surface area contributed by atoms with E-state index in [0.29, 0.717) is 6.04 Å². The Balaban J connectivity index is 1.02. The largest absolute Gasteiger partial charge is 0.374 e. The zero-order valence-corrected chi connectivity index (χ0v) is 28.4. The molecule has 7 aromatic rings. The van der Waals surface area contributed by atoms with Crippen LogP contribution in [-0.4, -0.2) is 24.0 Å². The summed E-state index contributed by atoms with van der Waals surface area (Å²) >= 11 is 0. The van der Waals surface area contributed by atoms with Gasteiger partial charge in [0.1, 0.15) is 0 Å². The summed E-state index contributed by atoms with van der Waals surface area (Å²) in [4.78, 5) is 2.51. The summed E-state index contributed by atoms with van der Waals surface area (Å²) in [5.41, 5.74) is 12.6. The maximum absolute atomic E-state index is 3.96. The van der Waals surface area contributed by atoms with E-state index in [1.165, 1.54) is 78.2 Å². The Morgan fingerprint density at radius 3 is 1.78 bits per heavy atom. The average Bonchev–Trinajstić information content (AvgIpc) is 3.89. The second kappa shape index (κ2) is 12.4. The number of nitrogens with zero attached hydrogens (tertiary/aromatic N) is 1. The van der Waals surface area contributed by atoms with Gasteiger partial charge in [0.05, 0.1) is 6.04 Å². The van der Waals surface area contributed by atoms with E-state index in [0.717, 1.165) is 12.2 Å². The summed E-state index contributed by atoms with van der Waals surface area (Å²) in [6.45, 7) is 2.32. The van der Waals surface area contributed by atoms with Gasteiger partial charge in [-0.05, 0) is 83.8 Å². The van der Waals surface area contributed by atoms with Crippen LogP contribution in [0.5, 0.6) is 0 Å². The summed E-state index contributed by atoms with van der Waals surface area (Å²) in [6, 6.07) is 58.5. The average molecular weight is 655 g/mol. The highest BCUT2D eigenvalue weighted by atomic mass is 15.3. The van der Waals surface area contributed by atoms with E-state index in [1.54, 1.807) is 0 Å². The second-order valence-corrected chi connectivity index (χ2v) is 14.2. The van der Waals surface area contributed by atoms with E-state index in [9.17, 15) is 0 Å². The molecule has 10 rings (SSSR count). The Kier molecular flexibility index (Phi) is 7.29. The molecule has 0 spiro atoms. The Labute approximate surface area is 299 Å². The highest BCUT2D eigenvalue weighted by Crippen LogP contribution is 2.38. The molecule has 0 aromatic heterocycles. The maximum Gasteiger partial charge on any atom is 0.0698 e. The van der Waals surface area contributed by atoms with E-state index in [4.69, 9.17) is 0 Å². The fourth-order valence-electron chi connectivity index (χ4n) is 8.11. The third-order valence-corrected chi connectivity index (χ3v) is 11.0. The van der Waals surface area contributed by atoms with Crippen LogP contribution >= 0.6 is 0 Å². The lowest BCUT2D eigenvalue weighted by Crippen LogP contribution is -2.17. The van der Waals surface area contributed by atoms with Gasteiger partial charge in [-0.1, -0.05) is 170 Å². The Hall–Kier alpha value is -5.96. The van der Waals surface area contributed by atoms with Crippen LogP contribution in [0.25, 0.3) is 55.1 Å². The molecule has 1 fully saturated rings. The molecular formula is C49H38N2. The molecule has 0 aliphatic carbocycles. The minimum atomic E-state index is 0.0253. The molecule has 0 bridgehead atoms. The van der Waals surface area contributed by atoms with Gasteiger partial charge >= 0.3 is 0 Å². The van der Waals surface area contributed by atoms with Crippen molar-refractivity contribution in [2.75, 3.05) is 13.1 Å². The SMILES string of the molecule is C1=CC(c2ccc(-c3ccccc3)cc2)NC(c2ccc(-c3ccc(C4=CC5CN5C4)cc3)cc2)=CC1c1cc2ccccc2c2ccccc12. The molecule has 2 nitrogen and oxygen atoms in total. The molecule has 0 amide bonds. The van der Waals surface area contributed by atoms with Crippen LogP contribution in [-0.2, 0) is 0 Å². The van der Waals surface area contributed by atoms with Crippen molar-refractivity contribution < 1.29 is 0 Å². The number of hydrogen-bond donors (Lipinski definition) is 1. The van der Waals surface area contributed by atoms with Gasteiger partial charge in [-0.15, -0.1) is 0 Å². The van der Waals surface area contributed by atoms with Crippen molar-refractivity contribution in [2.45, 2.75) is 18.0 Å². The molecule has 4 atom stereocenters. The van der Waals surface area contributed by atoms with Crippen LogP contribution in [0.2, 0.25) is 0 Å². The van der Waals surface area contributed by atoms with Crippen LogP contribution in [0.15, 0.2) is 182 Å². The standard InChI is InChI=1S/C49H38N2/c1-2-8-33(9-3-1)34-18-22-38(23-19-34)48-27-26-41(47-29-40-10-4-5-11-44(40)45-12-6-7-13-46(45)47)30-49(50-48)39-24-20-36(21-25-39)35-14-16-37(17-15-35)42-28-43-32-51(43)31-42/h1-30,41,43,48,50H,31-32H2. The normalized spacial score (nSPS) is 20.7. The molecular weight excluding hydrogens is 617 g/mol. The number of fused-ring (bicyclic) bond motifs is 4. The van der Waals surface area contributed by atoms with Gasteiger partial charge in [0, 0.05) is 30.7 Å². The van der Waals surface area contributed by atoms with E-state index >= 15 is 0 Å². The highest BCUT2D eigenvalue weighted by Gasteiger charge is 2.37. The van der Waals surface area contributed by atoms with E-state index in [1.807, 2.05) is 0 Å². The molecule has 2 heteroatoms. The van der Waals surface area contributed by atoms with Crippen LogP contribution < -0.4 is 5.32 Å². The molecule has 3 heterocycles. The number of allylic oxidation sites excluding steroid dienone is 2. The lowest BCUT2D eigenvalue weighted by molar-refractivity contribution is 0.628. The summed E-state index contributed by atoms with van der Waals surface area (Å²) < 4.78 is 0. The van der Waals surface area contributed by atoms with Gasteiger partial charge in [0.2, 0.25) is 0 Å². The third-order valence-electron chi connectivity index (χ3n) is 11.0. The Bertz CT molecular complexity index is 2490. The molecule has 4 unspecified atom stereocenters. The van der Waals surface area contributed by atoms with Crippen molar-refractivity contribution in [3.63, 3.8) is 0 Å². The van der Waals surface area contributed by atoms with Gasteiger partial charge in [-0.3, -0.25) is 4.90 Å². The quantitative estimate of drug-likeness (QED) is 0.109. The van der Waals surface area contributed by atoms with E-state index in [2.05, 4.69) is 192 Å². The Morgan fingerprint density at radius 1 is 0.490 bits per heavy atom. The number of rotatable bonds is 6. The van der Waals surface area contributed by atoms with Gasteiger partial charge < -0.3 is 5.32 Å². The lowest BCUT2D eigenvalue weighted by atomic mass is 9.88. The number of hydrogen-bond acceptors (Lipinski definition) is 2. The first kappa shape index (κ1) is 29.9. The van der Waals surface area contributed by atoms with Crippen molar-refractivity contribution in [1.29, 1.82) is 0 Å². The first-order valence-corrected chi connectivity index (χ1v) is 18.1. The minimum Gasteiger partial charge on any atom is -0.374 e. The van der Waals surface area contributed by atoms with Crippen molar-refractivity contribution in [2.24, 2.45) is 0 Å². The van der Waals surface area contributed by atoms with Crippen LogP contribution in [0, 0.1) is 0 Å². The maximum atomic E-state index is 3.96. The predicted octanol–water partition coefficient (Wildman–Crippen LogP) is 11.4. The van der Waals surface area contributed by atoms with Gasteiger partial charge in [-0.2, -0.15) is 0 Å². The smallest absolute Gasteiger partial charge is 0.0698 e. The number of nitrogens with one attached hydrogen (secondary N) is 1. The van der Waals surface area contributed by atoms with Crippen molar-refractivity contribution >= 4 is 32.8 Å². The van der Waals surface area contributed by atoms with Gasteiger partial charge in [0.25, 0.3) is 0 Å². The van der Waals surface area contributed by atoms with Crippen molar-refractivity contribution in [1.82, 2.24) is 10.2 Å². The number of benzene rings is 7. The highest BCUT2D eigenvalue weighted by molar-refractivity contribution is 6.09. The summed E-state index contributed by atoms with van der Waals surface area (Å²) in [7, 11) is 0. The van der Waals surface area contributed by atoms with Crippen molar-refractivity contribution in [3.8, 4) is 22.3 Å². The van der Waals surface area contributed by atoms with Crippen LogP contribution in [0.1, 0.15) is 34.2 Å². The molecule has 1 saturated heterocycles. The van der Waals surface area contributed by atoms with Crippen LogP contribution in [0.4, 0.5) is 0 Å². The van der Waals surface area contributed by atoms with E-state index in [-0.39, 0.29) is 12.0 Å². The van der Waals surface area contributed by atoms with Crippen LogP contribution in [0.3, 0.4) is 0 Å². The minimum absolute atomic E-state index is 0.0253. The van der Waals surface area contributed by atoms with Crippen molar-refractivity contribution in [3.05, 3.63) is 204 Å². The Morgan fingerprint density at radius 2 is 1.08 bits per heavy atom.